The predicted octanol–water partition coefficient (Wildman–Crippen LogP) is 4.16. The molecule has 0 N–H and O–H groups in total. The van der Waals surface area contributed by atoms with Crippen molar-refractivity contribution in [2.45, 2.75) is 91.1 Å². The van der Waals surface area contributed by atoms with Crippen LogP contribution in [0.25, 0.3) is 0 Å². The Morgan fingerprint density at radius 2 is 1.71 bits per heavy atom. The van der Waals surface area contributed by atoms with Crippen molar-refractivity contribution >= 4 is 8.80 Å². The zero-order chi connectivity index (χ0) is 15.7. The molecule has 1 fully saturated rings. The van der Waals surface area contributed by atoms with Crippen molar-refractivity contribution in [2.75, 3.05) is 13.2 Å². The highest BCUT2D eigenvalue weighted by Gasteiger charge is 2.42. The second-order valence-electron chi connectivity index (χ2n) is 5.78. The molecule has 0 radical (unpaired) electrons. The molecule has 1 heterocycles. The van der Waals surface area contributed by atoms with Crippen molar-refractivity contribution in [3.8, 4) is 0 Å². The number of ether oxygens (including phenoxy) is 1. The van der Waals surface area contributed by atoms with E-state index < -0.39 is 8.80 Å². The van der Waals surface area contributed by atoms with Gasteiger partial charge in [0.2, 0.25) is 0 Å². The largest absolute Gasteiger partial charge is 0.501 e. The van der Waals surface area contributed by atoms with Crippen LogP contribution < -0.4 is 0 Å². The average Bonchev–Trinajstić information content (AvgIpc) is 3.22. The fourth-order valence-electron chi connectivity index (χ4n) is 2.70. The van der Waals surface area contributed by atoms with Crippen LogP contribution in [-0.2, 0) is 18.0 Å². The third-order valence-electron chi connectivity index (χ3n) is 3.89. The fourth-order valence-corrected chi connectivity index (χ4v) is 5.73. The van der Waals surface area contributed by atoms with Crippen molar-refractivity contribution in [1.29, 1.82) is 0 Å². The molecule has 0 bridgehead atoms. The molecule has 21 heavy (non-hydrogen) atoms. The second-order valence-corrected chi connectivity index (χ2v) is 8.46. The molecular formula is C16H34O4Si. The molecule has 0 aliphatic carbocycles. The number of rotatable bonds is 13. The molecule has 0 aromatic heterocycles. The maximum atomic E-state index is 6.31. The van der Waals surface area contributed by atoms with Crippen molar-refractivity contribution in [3.63, 3.8) is 0 Å². The smallest absolute Gasteiger partial charge is 0.374 e. The van der Waals surface area contributed by atoms with Gasteiger partial charge in [-0.25, -0.2) is 0 Å². The molecule has 4 nitrogen and oxygen atoms in total. The van der Waals surface area contributed by atoms with Crippen LogP contribution >= 0.6 is 0 Å². The third kappa shape index (κ3) is 6.78. The van der Waals surface area contributed by atoms with Gasteiger partial charge >= 0.3 is 8.80 Å². The first kappa shape index (κ1) is 19.1. The average molecular weight is 319 g/mol. The molecule has 126 valence electrons. The predicted molar refractivity (Wildman–Crippen MR) is 87.5 cm³/mol. The first-order valence-corrected chi connectivity index (χ1v) is 10.6. The molecule has 0 amide bonds. The van der Waals surface area contributed by atoms with E-state index in [1.807, 2.05) is 13.8 Å². The normalized spacial score (nSPS) is 23.3. The Hall–Kier alpha value is 0.0569. The van der Waals surface area contributed by atoms with Crippen LogP contribution in [0, 0.1) is 0 Å². The van der Waals surface area contributed by atoms with E-state index in [-0.39, 0.29) is 6.10 Å². The van der Waals surface area contributed by atoms with Gasteiger partial charge in [0.1, 0.15) is 0 Å². The Morgan fingerprint density at radius 1 is 1.05 bits per heavy atom. The van der Waals surface area contributed by atoms with Gasteiger partial charge in [-0.2, -0.15) is 0 Å². The monoisotopic (exact) mass is 318 g/mol. The topological polar surface area (TPSA) is 40.2 Å². The number of epoxide rings is 1. The van der Waals surface area contributed by atoms with Crippen molar-refractivity contribution < 1.29 is 18.0 Å². The van der Waals surface area contributed by atoms with E-state index in [0.717, 1.165) is 38.1 Å². The van der Waals surface area contributed by atoms with E-state index in [4.69, 9.17) is 18.0 Å². The minimum atomic E-state index is -2.50. The summed E-state index contributed by atoms with van der Waals surface area (Å²) in [6.45, 7) is 11.9. The fraction of sp³-hybridized carbons (Fsp3) is 1.00. The maximum absolute atomic E-state index is 6.31. The van der Waals surface area contributed by atoms with Crippen molar-refractivity contribution in [3.05, 3.63) is 0 Å². The standard InChI is InChI=1S/C16H34O4Si/c1-6-10-13-21(17-8-3,18-9-4)20-14(5)11-12-16-15(7-2)19-16/h14-16H,6-13H2,1-5H3. The Kier molecular flexibility index (Phi) is 9.05. The van der Waals surface area contributed by atoms with Gasteiger partial charge in [-0.3, -0.25) is 0 Å². The number of unbranched alkanes of at least 4 members (excludes halogenated alkanes) is 1. The zero-order valence-electron chi connectivity index (χ0n) is 14.5. The van der Waals surface area contributed by atoms with Crippen LogP contribution in [0.5, 0.6) is 0 Å². The van der Waals surface area contributed by atoms with Gasteiger partial charge in [0, 0.05) is 25.4 Å². The molecule has 0 aromatic rings. The third-order valence-corrected chi connectivity index (χ3v) is 7.08. The van der Waals surface area contributed by atoms with Gasteiger partial charge in [-0.05, 0) is 46.5 Å². The summed E-state index contributed by atoms with van der Waals surface area (Å²) in [5.74, 6) is 0. The molecule has 3 unspecified atom stereocenters. The molecular weight excluding hydrogens is 284 g/mol. The van der Waals surface area contributed by atoms with Gasteiger partial charge in [-0.15, -0.1) is 0 Å². The van der Waals surface area contributed by atoms with E-state index in [1.54, 1.807) is 0 Å². The van der Waals surface area contributed by atoms with Gasteiger partial charge < -0.3 is 18.0 Å². The van der Waals surface area contributed by atoms with Crippen LogP contribution in [0.3, 0.4) is 0 Å². The van der Waals surface area contributed by atoms with Crippen LogP contribution in [0.15, 0.2) is 0 Å². The molecule has 1 saturated heterocycles. The molecule has 0 aromatic carbocycles. The van der Waals surface area contributed by atoms with Crippen LogP contribution in [-0.4, -0.2) is 40.3 Å². The summed E-state index contributed by atoms with van der Waals surface area (Å²) in [7, 11) is -2.50. The van der Waals surface area contributed by atoms with Crippen LogP contribution in [0.1, 0.15) is 66.7 Å². The first-order valence-electron chi connectivity index (χ1n) is 8.71. The lowest BCUT2D eigenvalue weighted by Gasteiger charge is -2.31. The summed E-state index contributed by atoms with van der Waals surface area (Å²) in [5.41, 5.74) is 0. The summed E-state index contributed by atoms with van der Waals surface area (Å²) in [4.78, 5) is 0. The second kappa shape index (κ2) is 9.95. The van der Waals surface area contributed by atoms with E-state index >= 15 is 0 Å². The van der Waals surface area contributed by atoms with Gasteiger partial charge in [0.15, 0.2) is 0 Å². The van der Waals surface area contributed by atoms with Crippen molar-refractivity contribution in [2.24, 2.45) is 0 Å². The van der Waals surface area contributed by atoms with Crippen LogP contribution in [0.2, 0.25) is 6.04 Å². The summed E-state index contributed by atoms with van der Waals surface area (Å²) >= 11 is 0. The Balaban J connectivity index is 2.44. The summed E-state index contributed by atoms with van der Waals surface area (Å²) in [6.07, 6.45) is 6.56. The zero-order valence-corrected chi connectivity index (χ0v) is 15.5. The molecule has 1 aliphatic rings. The molecule has 3 atom stereocenters. The van der Waals surface area contributed by atoms with Crippen LogP contribution in [0.4, 0.5) is 0 Å². The molecule has 0 spiro atoms. The van der Waals surface area contributed by atoms with E-state index in [0.29, 0.717) is 25.4 Å². The summed E-state index contributed by atoms with van der Waals surface area (Å²) in [5, 5.41) is 0. The highest BCUT2D eigenvalue weighted by molar-refractivity contribution is 6.60. The van der Waals surface area contributed by atoms with Gasteiger partial charge in [0.25, 0.3) is 0 Å². The quantitative estimate of drug-likeness (QED) is 0.377. The number of hydrogen-bond donors (Lipinski definition) is 0. The summed E-state index contributed by atoms with van der Waals surface area (Å²) < 4.78 is 23.8. The lowest BCUT2D eigenvalue weighted by atomic mass is 10.1. The molecule has 1 rings (SSSR count). The highest BCUT2D eigenvalue weighted by Crippen LogP contribution is 2.30. The minimum Gasteiger partial charge on any atom is -0.374 e. The summed E-state index contributed by atoms with van der Waals surface area (Å²) in [6, 6.07) is 0.924. The molecule has 5 heteroatoms. The maximum Gasteiger partial charge on any atom is 0.501 e. The minimum absolute atomic E-state index is 0.174. The van der Waals surface area contributed by atoms with E-state index in [2.05, 4.69) is 20.8 Å². The Bertz CT molecular complexity index is 269. The molecule has 1 aliphatic heterocycles. The number of hydrogen-bond acceptors (Lipinski definition) is 4. The van der Waals surface area contributed by atoms with Gasteiger partial charge in [-0.1, -0.05) is 20.3 Å². The first-order chi connectivity index (χ1) is 10.1. The van der Waals surface area contributed by atoms with Gasteiger partial charge in [0.05, 0.1) is 12.2 Å². The van der Waals surface area contributed by atoms with E-state index in [1.165, 1.54) is 0 Å². The highest BCUT2D eigenvalue weighted by atomic mass is 28.4. The Morgan fingerprint density at radius 3 is 2.19 bits per heavy atom. The van der Waals surface area contributed by atoms with Crippen molar-refractivity contribution in [1.82, 2.24) is 0 Å². The lowest BCUT2D eigenvalue weighted by molar-refractivity contribution is 0.0338. The lowest BCUT2D eigenvalue weighted by Crippen LogP contribution is -2.48. The SMILES string of the molecule is CCCC[Si](OCC)(OCC)OC(C)CCC1OC1CC. The Labute approximate surface area is 131 Å². The molecule has 0 saturated carbocycles. The van der Waals surface area contributed by atoms with E-state index in [9.17, 15) is 0 Å².